The molecular weight excluding hydrogens is 545 g/mol. The first kappa shape index (κ1) is 27.0. The number of rotatable bonds is 9. The van der Waals surface area contributed by atoms with Crippen LogP contribution in [0.4, 0.5) is 10.1 Å². The Balaban J connectivity index is 1.21. The lowest BCUT2D eigenvalue weighted by Gasteiger charge is -2.15. The molecule has 6 heterocycles. The summed E-state index contributed by atoms with van der Waals surface area (Å²) in [5.41, 5.74) is 6.75. The molecular formula is C32H32FN9O. The maximum absolute atomic E-state index is 14.7. The Morgan fingerprint density at radius 2 is 1.81 bits per heavy atom. The van der Waals surface area contributed by atoms with E-state index in [0.29, 0.717) is 40.5 Å². The Morgan fingerprint density at radius 1 is 0.953 bits per heavy atom. The molecule has 0 atom stereocenters. The summed E-state index contributed by atoms with van der Waals surface area (Å²) >= 11 is 0. The molecule has 0 radical (unpaired) electrons. The highest BCUT2D eigenvalue weighted by Gasteiger charge is 2.18. The Morgan fingerprint density at radius 3 is 2.67 bits per heavy atom. The monoisotopic (exact) mass is 577 g/mol. The van der Waals surface area contributed by atoms with Crippen LogP contribution in [-0.4, -0.2) is 72.3 Å². The van der Waals surface area contributed by atoms with Crippen LogP contribution in [-0.2, 0) is 0 Å². The van der Waals surface area contributed by atoms with Gasteiger partial charge in [0.2, 0.25) is 0 Å². The lowest BCUT2D eigenvalue weighted by atomic mass is 10.1. The number of hydrogen-bond acceptors (Lipinski definition) is 8. The summed E-state index contributed by atoms with van der Waals surface area (Å²) in [4.78, 5) is 24.1. The molecule has 1 aromatic carbocycles. The molecule has 0 aliphatic carbocycles. The number of nitrogens with one attached hydrogen (secondary N) is 3. The quantitative estimate of drug-likeness (QED) is 0.190. The molecule has 1 aliphatic rings. The lowest BCUT2D eigenvalue weighted by Crippen LogP contribution is -2.25. The number of fused-ring (bicyclic) bond motifs is 2. The van der Waals surface area contributed by atoms with Gasteiger partial charge < -0.3 is 15.0 Å². The van der Waals surface area contributed by atoms with Gasteiger partial charge >= 0.3 is 0 Å². The highest BCUT2D eigenvalue weighted by Crippen LogP contribution is 2.34. The third kappa shape index (κ3) is 5.63. The number of imidazole rings is 1. The first-order valence-corrected chi connectivity index (χ1v) is 14.6. The molecule has 5 aromatic heterocycles. The standard InChI is InChI=1S/C32H32FN9O/c1-19(2)37-23-10-21(14-34-15-23)27-13-25-28(18-36-27)40-41-31(25)32-38-29-17-35-16-26(30(29)39-32)20-9-22(33)12-24(11-20)43-8-7-42-5-3-4-6-42/h9-19,37H,3-8H2,1-2H3,(H,38,39)(H,40,41). The van der Waals surface area contributed by atoms with Gasteiger partial charge in [0.05, 0.1) is 40.3 Å². The minimum atomic E-state index is -0.373. The van der Waals surface area contributed by atoms with E-state index in [2.05, 4.69) is 54.2 Å². The number of halogens is 1. The number of aromatic nitrogens is 7. The molecule has 43 heavy (non-hydrogen) atoms. The van der Waals surface area contributed by atoms with E-state index in [4.69, 9.17) is 9.72 Å². The number of aromatic amines is 2. The van der Waals surface area contributed by atoms with Crippen LogP contribution in [0.15, 0.2) is 61.3 Å². The largest absolute Gasteiger partial charge is 0.492 e. The molecule has 1 aliphatic heterocycles. The van der Waals surface area contributed by atoms with E-state index in [-0.39, 0.29) is 11.9 Å². The van der Waals surface area contributed by atoms with E-state index >= 15 is 0 Å². The molecule has 0 saturated carbocycles. The van der Waals surface area contributed by atoms with Crippen molar-refractivity contribution < 1.29 is 9.13 Å². The first-order valence-electron chi connectivity index (χ1n) is 14.6. The van der Waals surface area contributed by atoms with Crippen molar-refractivity contribution in [2.75, 3.05) is 31.6 Å². The van der Waals surface area contributed by atoms with Crippen molar-refractivity contribution in [2.24, 2.45) is 0 Å². The van der Waals surface area contributed by atoms with Crippen molar-refractivity contribution in [3.8, 4) is 39.7 Å². The molecule has 11 heteroatoms. The van der Waals surface area contributed by atoms with Crippen LogP contribution in [0.25, 0.3) is 55.8 Å². The van der Waals surface area contributed by atoms with E-state index in [1.165, 1.54) is 25.0 Å². The number of likely N-dealkylation sites (tertiary alicyclic amines) is 1. The fourth-order valence-electron chi connectivity index (χ4n) is 5.60. The number of benzene rings is 1. The lowest BCUT2D eigenvalue weighted by molar-refractivity contribution is 0.237. The van der Waals surface area contributed by atoms with Crippen molar-refractivity contribution in [3.05, 3.63) is 67.1 Å². The van der Waals surface area contributed by atoms with Gasteiger partial charge in [0, 0.05) is 53.8 Å². The van der Waals surface area contributed by atoms with Crippen LogP contribution in [0.1, 0.15) is 26.7 Å². The summed E-state index contributed by atoms with van der Waals surface area (Å²) in [5.74, 6) is 0.684. The van der Waals surface area contributed by atoms with Crippen LogP contribution in [0.3, 0.4) is 0 Å². The average molecular weight is 578 g/mol. The van der Waals surface area contributed by atoms with Gasteiger partial charge in [-0.1, -0.05) is 0 Å². The van der Waals surface area contributed by atoms with Crippen LogP contribution in [0.2, 0.25) is 0 Å². The summed E-state index contributed by atoms with van der Waals surface area (Å²) in [6.45, 7) is 7.69. The third-order valence-corrected chi connectivity index (χ3v) is 7.61. The third-order valence-electron chi connectivity index (χ3n) is 7.61. The molecule has 10 nitrogen and oxygen atoms in total. The fourth-order valence-corrected chi connectivity index (χ4v) is 5.60. The summed E-state index contributed by atoms with van der Waals surface area (Å²) in [5, 5.41) is 11.9. The molecule has 0 spiro atoms. The second kappa shape index (κ2) is 11.4. The molecule has 1 saturated heterocycles. The van der Waals surface area contributed by atoms with Crippen molar-refractivity contribution in [1.29, 1.82) is 0 Å². The molecule has 0 amide bonds. The zero-order valence-corrected chi connectivity index (χ0v) is 24.1. The summed E-state index contributed by atoms with van der Waals surface area (Å²) in [6, 6.07) is 9.04. The van der Waals surface area contributed by atoms with Crippen LogP contribution in [0.5, 0.6) is 5.75 Å². The van der Waals surface area contributed by atoms with Gasteiger partial charge in [-0.2, -0.15) is 5.10 Å². The van der Waals surface area contributed by atoms with Gasteiger partial charge in [0.15, 0.2) is 5.82 Å². The van der Waals surface area contributed by atoms with Crippen molar-refractivity contribution in [2.45, 2.75) is 32.7 Å². The molecule has 7 rings (SSSR count). The normalized spacial score (nSPS) is 13.9. The van der Waals surface area contributed by atoms with E-state index < -0.39 is 0 Å². The fraction of sp³-hybridized carbons (Fsp3) is 0.281. The number of hydrogen-bond donors (Lipinski definition) is 3. The Kier molecular flexibility index (Phi) is 7.15. The highest BCUT2D eigenvalue weighted by molar-refractivity contribution is 5.97. The summed E-state index contributed by atoms with van der Waals surface area (Å²) in [6.07, 6.45) is 11.2. The van der Waals surface area contributed by atoms with Crippen LogP contribution < -0.4 is 10.1 Å². The number of H-pyrrole nitrogens is 2. The van der Waals surface area contributed by atoms with Gasteiger partial charge in [-0.05, 0) is 69.6 Å². The van der Waals surface area contributed by atoms with Gasteiger partial charge in [-0.15, -0.1) is 0 Å². The minimum absolute atomic E-state index is 0.284. The van der Waals surface area contributed by atoms with Crippen molar-refractivity contribution in [3.63, 3.8) is 0 Å². The highest BCUT2D eigenvalue weighted by atomic mass is 19.1. The van der Waals surface area contributed by atoms with Gasteiger partial charge in [-0.25, -0.2) is 9.37 Å². The first-order chi connectivity index (χ1) is 21.0. The van der Waals surface area contributed by atoms with Crippen molar-refractivity contribution >= 4 is 27.6 Å². The summed E-state index contributed by atoms with van der Waals surface area (Å²) in [7, 11) is 0. The second-order valence-corrected chi connectivity index (χ2v) is 11.2. The van der Waals surface area contributed by atoms with Gasteiger partial charge in [0.1, 0.15) is 23.9 Å². The molecule has 3 N–H and O–H groups in total. The number of pyridine rings is 3. The molecule has 6 aromatic rings. The topological polar surface area (TPSA) is 121 Å². The zero-order chi connectivity index (χ0) is 29.3. The predicted molar refractivity (Wildman–Crippen MR) is 165 cm³/mol. The van der Waals surface area contributed by atoms with E-state index in [9.17, 15) is 4.39 Å². The Hall–Kier alpha value is -4.90. The number of nitrogens with zero attached hydrogens (tertiary/aromatic N) is 6. The maximum atomic E-state index is 14.7. The maximum Gasteiger partial charge on any atom is 0.159 e. The smallest absolute Gasteiger partial charge is 0.159 e. The molecule has 0 unspecified atom stereocenters. The molecule has 218 valence electrons. The van der Waals surface area contributed by atoms with Crippen LogP contribution >= 0.6 is 0 Å². The van der Waals surface area contributed by atoms with E-state index in [1.54, 1.807) is 31.0 Å². The van der Waals surface area contributed by atoms with Crippen molar-refractivity contribution in [1.82, 2.24) is 40.0 Å². The SMILES string of the molecule is CC(C)Nc1cncc(-c2cc3c(-c4nc5c(-c6cc(F)cc(OCCN7CCCC7)c6)cncc5[nH]4)n[nH]c3cn2)c1. The van der Waals surface area contributed by atoms with Crippen LogP contribution in [0, 0.1) is 5.82 Å². The van der Waals surface area contributed by atoms with Gasteiger partial charge in [-0.3, -0.25) is 25.0 Å². The minimum Gasteiger partial charge on any atom is -0.492 e. The number of ether oxygens (including phenoxy) is 1. The molecule has 0 bridgehead atoms. The second-order valence-electron chi connectivity index (χ2n) is 11.2. The average Bonchev–Trinajstić information content (AvgIpc) is 3.76. The molecule has 1 fully saturated rings. The van der Waals surface area contributed by atoms with E-state index in [1.807, 2.05) is 18.2 Å². The Bertz CT molecular complexity index is 1910. The van der Waals surface area contributed by atoms with E-state index in [0.717, 1.165) is 53.0 Å². The number of anilines is 1. The zero-order valence-electron chi connectivity index (χ0n) is 24.1. The predicted octanol–water partition coefficient (Wildman–Crippen LogP) is 6.06. The Labute approximate surface area is 247 Å². The van der Waals surface area contributed by atoms with Gasteiger partial charge in [0.25, 0.3) is 0 Å². The summed E-state index contributed by atoms with van der Waals surface area (Å²) < 4.78 is 20.7.